The smallest absolute Gasteiger partial charge is 0.266 e. The fourth-order valence-corrected chi connectivity index (χ4v) is 1.91. The van der Waals surface area contributed by atoms with Gasteiger partial charge in [-0.1, -0.05) is 0 Å². The average Bonchev–Trinajstić information content (AvgIpc) is 2.10. The third kappa shape index (κ3) is 1.01. The summed E-state index contributed by atoms with van der Waals surface area (Å²) in [5.74, 6) is -2.04. The summed E-state index contributed by atoms with van der Waals surface area (Å²) >= 11 is 0. The Labute approximate surface area is 78.1 Å². The van der Waals surface area contributed by atoms with E-state index >= 15 is 0 Å². The van der Waals surface area contributed by atoms with E-state index in [1.165, 1.54) is 0 Å². The van der Waals surface area contributed by atoms with E-state index in [0.29, 0.717) is 7.05 Å². The minimum atomic E-state index is -5.21. The fourth-order valence-electron chi connectivity index (χ4n) is 0.878. The van der Waals surface area contributed by atoms with Gasteiger partial charge in [-0.3, -0.25) is 9.69 Å². The Morgan fingerprint density at radius 3 is 2.07 bits per heavy atom. The number of amides is 3. The van der Waals surface area contributed by atoms with Gasteiger partial charge < -0.3 is 0 Å². The zero-order chi connectivity index (χ0) is 11.3. The van der Waals surface area contributed by atoms with E-state index in [0.717, 1.165) is 7.05 Å². The molecule has 3 amide bonds. The average molecular weight is 228 g/mol. The van der Waals surface area contributed by atoms with Crippen LogP contribution in [-0.2, 0) is 14.8 Å². The molecule has 1 rings (SSSR count). The van der Waals surface area contributed by atoms with Crippen molar-refractivity contribution >= 4 is 22.0 Å². The first-order chi connectivity index (χ1) is 6.14. The summed E-state index contributed by atoms with van der Waals surface area (Å²) in [5.41, 5.74) is 0. The second kappa shape index (κ2) is 2.62. The Balaban J connectivity index is 3.40. The molecule has 0 unspecified atom stereocenters. The highest BCUT2D eigenvalue weighted by Gasteiger charge is 2.62. The van der Waals surface area contributed by atoms with Crippen LogP contribution in [0.25, 0.3) is 0 Å². The van der Waals surface area contributed by atoms with Crippen LogP contribution in [0.15, 0.2) is 0 Å². The molecular weight excluding hydrogens is 222 g/mol. The van der Waals surface area contributed by atoms with Gasteiger partial charge in [0.1, 0.15) is 0 Å². The van der Waals surface area contributed by atoms with Crippen LogP contribution in [0.2, 0.25) is 0 Å². The van der Waals surface area contributed by atoms with Gasteiger partial charge >= 0.3 is 27.2 Å². The lowest BCUT2D eigenvalue weighted by molar-refractivity contribution is -0.144. The predicted molar refractivity (Wildman–Crippen MR) is 39.8 cm³/mol. The minimum Gasteiger partial charge on any atom is -0.266 e. The monoisotopic (exact) mass is 228 g/mol. The number of carbonyl (C=O) groups excluding carboxylic acids is 2. The molecule has 0 aromatic heterocycles. The third-order valence-electron chi connectivity index (χ3n) is 1.79. The molecule has 0 bridgehead atoms. The highest BCUT2D eigenvalue weighted by Crippen LogP contribution is 2.31. The van der Waals surface area contributed by atoms with Crippen LogP contribution >= 0.6 is 0 Å². The molecule has 0 atom stereocenters. The zero-order valence-electron chi connectivity index (χ0n) is 7.19. The van der Waals surface area contributed by atoms with Gasteiger partial charge in [0.2, 0.25) is 0 Å². The molecule has 0 N–H and O–H groups in total. The highest BCUT2D eigenvalue weighted by atomic mass is 32.2. The van der Waals surface area contributed by atoms with Crippen LogP contribution in [0.1, 0.15) is 0 Å². The van der Waals surface area contributed by atoms with Crippen molar-refractivity contribution in [2.24, 2.45) is 0 Å². The molecule has 0 aliphatic carbocycles. The van der Waals surface area contributed by atoms with Gasteiger partial charge in [0, 0.05) is 14.1 Å². The molecule has 0 aromatic carbocycles. The van der Waals surface area contributed by atoms with Crippen molar-refractivity contribution in [1.82, 2.24) is 9.21 Å². The number of urea groups is 1. The number of hydrogen-bond donors (Lipinski definition) is 0. The first-order valence-corrected chi connectivity index (χ1v) is 4.76. The lowest BCUT2D eigenvalue weighted by Crippen LogP contribution is -2.62. The molecule has 0 spiro atoms. The molecule has 1 saturated heterocycles. The number of sulfonamides is 1. The molecular formula is C5H6F2N2O4S. The van der Waals surface area contributed by atoms with Crippen LogP contribution in [-0.4, -0.2) is 48.9 Å². The summed E-state index contributed by atoms with van der Waals surface area (Å²) in [4.78, 5) is 21.8. The predicted octanol–water partition coefficient (Wildman–Crippen LogP) is -0.567. The molecule has 0 radical (unpaired) electrons. The Hall–Kier alpha value is -1.25. The molecule has 1 aliphatic rings. The summed E-state index contributed by atoms with van der Waals surface area (Å²) in [6.07, 6.45) is 0. The molecule has 80 valence electrons. The van der Waals surface area contributed by atoms with E-state index in [1.54, 1.807) is 0 Å². The standard InChI is InChI=1S/C5H6F2N2O4S/c1-8-3(10)5(6,7)14(12,13)9(2)4(8)11/h1-2H3. The SMILES string of the molecule is CN1C(=O)N(C)S(=O)(=O)C(F)(F)C1=O. The maximum Gasteiger partial charge on any atom is 0.441 e. The lowest BCUT2D eigenvalue weighted by atomic mass is 10.5. The van der Waals surface area contributed by atoms with E-state index in [2.05, 4.69) is 0 Å². The minimum absolute atomic E-state index is 0.0566. The van der Waals surface area contributed by atoms with E-state index in [9.17, 15) is 26.8 Å². The number of imide groups is 1. The second-order valence-corrected chi connectivity index (χ2v) is 4.65. The number of hydrogen-bond acceptors (Lipinski definition) is 4. The molecule has 14 heavy (non-hydrogen) atoms. The Kier molecular flexibility index (Phi) is 2.03. The summed E-state index contributed by atoms with van der Waals surface area (Å²) < 4.78 is 47.4. The molecule has 1 aliphatic heterocycles. The van der Waals surface area contributed by atoms with Crippen LogP contribution in [0.5, 0.6) is 0 Å². The van der Waals surface area contributed by atoms with Crippen LogP contribution in [0.3, 0.4) is 0 Å². The molecule has 0 aromatic rings. The maximum atomic E-state index is 12.9. The van der Waals surface area contributed by atoms with Gasteiger partial charge in [0.15, 0.2) is 0 Å². The number of rotatable bonds is 0. The van der Waals surface area contributed by atoms with Gasteiger partial charge in [-0.15, -0.1) is 0 Å². The maximum absolute atomic E-state index is 12.9. The summed E-state index contributed by atoms with van der Waals surface area (Å²) in [6, 6.07) is -1.30. The van der Waals surface area contributed by atoms with Gasteiger partial charge in [0.05, 0.1) is 0 Å². The largest absolute Gasteiger partial charge is 0.441 e. The number of alkyl halides is 2. The highest BCUT2D eigenvalue weighted by molar-refractivity contribution is 7.91. The summed E-state index contributed by atoms with van der Waals surface area (Å²) in [5, 5.41) is -4.58. The summed E-state index contributed by atoms with van der Waals surface area (Å²) in [7, 11) is -3.77. The van der Waals surface area contributed by atoms with Crippen molar-refractivity contribution < 1.29 is 26.8 Å². The normalized spacial score (nSPS) is 25.4. The number of nitrogens with zero attached hydrogens (tertiary/aromatic N) is 2. The van der Waals surface area contributed by atoms with E-state index < -0.39 is 27.2 Å². The van der Waals surface area contributed by atoms with Crippen molar-refractivity contribution in [1.29, 1.82) is 0 Å². The molecule has 0 saturated carbocycles. The quantitative estimate of drug-likeness (QED) is 0.556. The zero-order valence-corrected chi connectivity index (χ0v) is 8.01. The first-order valence-electron chi connectivity index (χ1n) is 3.32. The lowest BCUT2D eigenvalue weighted by Gasteiger charge is -2.33. The van der Waals surface area contributed by atoms with Crippen molar-refractivity contribution in [3.8, 4) is 0 Å². The van der Waals surface area contributed by atoms with Gasteiger partial charge in [-0.25, -0.2) is 9.10 Å². The topological polar surface area (TPSA) is 74.8 Å². The van der Waals surface area contributed by atoms with E-state index in [-0.39, 0.29) is 9.21 Å². The molecule has 1 heterocycles. The van der Waals surface area contributed by atoms with Crippen LogP contribution in [0, 0.1) is 0 Å². The molecule has 9 heteroatoms. The van der Waals surface area contributed by atoms with Crippen LogP contribution < -0.4 is 0 Å². The van der Waals surface area contributed by atoms with Gasteiger partial charge in [0.25, 0.3) is 0 Å². The Morgan fingerprint density at radius 2 is 1.64 bits per heavy atom. The van der Waals surface area contributed by atoms with Crippen LogP contribution in [0.4, 0.5) is 13.6 Å². The van der Waals surface area contributed by atoms with Gasteiger partial charge in [-0.05, 0) is 0 Å². The van der Waals surface area contributed by atoms with E-state index in [4.69, 9.17) is 0 Å². The molecule has 1 fully saturated rings. The van der Waals surface area contributed by atoms with Crippen molar-refractivity contribution in [3.05, 3.63) is 0 Å². The van der Waals surface area contributed by atoms with Crippen molar-refractivity contribution in [3.63, 3.8) is 0 Å². The Bertz CT molecular complexity index is 404. The second-order valence-electron chi connectivity index (χ2n) is 2.64. The first kappa shape index (κ1) is 10.8. The van der Waals surface area contributed by atoms with Crippen molar-refractivity contribution in [2.45, 2.75) is 5.25 Å². The fraction of sp³-hybridized carbons (Fsp3) is 0.600. The third-order valence-corrected chi connectivity index (χ3v) is 3.49. The number of halogens is 2. The number of carbonyl (C=O) groups is 2. The molecule has 6 nitrogen and oxygen atoms in total. The van der Waals surface area contributed by atoms with Crippen molar-refractivity contribution in [2.75, 3.05) is 14.1 Å². The summed E-state index contributed by atoms with van der Waals surface area (Å²) in [6.45, 7) is 0. The Morgan fingerprint density at radius 1 is 1.21 bits per heavy atom. The van der Waals surface area contributed by atoms with E-state index in [1.807, 2.05) is 0 Å². The van der Waals surface area contributed by atoms with Gasteiger partial charge in [-0.2, -0.15) is 17.2 Å².